The first kappa shape index (κ1) is 14.6. The molecule has 2 heterocycles. The van der Waals surface area contributed by atoms with Gasteiger partial charge in [-0.1, -0.05) is 35.9 Å². The Morgan fingerprint density at radius 2 is 1.71 bits per heavy atom. The van der Waals surface area contributed by atoms with Gasteiger partial charge < -0.3 is 0 Å². The average molecular weight is 339 g/mol. The summed E-state index contributed by atoms with van der Waals surface area (Å²) < 4.78 is 1.50. The molecule has 8 heteroatoms. The van der Waals surface area contributed by atoms with Gasteiger partial charge in [-0.15, -0.1) is 0 Å². The van der Waals surface area contributed by atoms with E-state index in [0.29, 0.717) is 32.9 Å². The molecule has 7 nitrogen and oxygen atoms in total. The molecule has 4 rings (SSSR count). The molecule has 0 aliphatic carbocycles. The predicted molar refractivity (Wildman–Crippen MR) is 90.8 cm³/mol. The van der Waals surface area contributed by atoms with E-state index < -0.39 is 5.91 Å². The van der Waals surface area contributed by atoms with Gasteiger partial charge in [0.2, 0.25) is 0 Å². The normalized spacial score (nSPS) is 11.1. The molecule has 0 radical (unpaired) electrons. The highest BCUT2D eigenvalue weighted by molar-refractivity contribution is 6.32. The molecule has 0 aliphatic heterocycles. The van der Waals surface area contributed by atoms with Crippen molar-refractivity contribution in [2.24, 2.45) is 5.84 Å². The molecule has 118 valence electrons. The van der Waals surface area contributed by atoms with Gasteiger partial charge in [0.25, 0.3) is 5.91 Å². The van der Waals surface area contributed by atoms with Crippen molar-refractivity contribution in [1.82, 2.24) is 25.2 Å². The molecule has 4 aromatic rings. The molecule has 2 aromatic carbocycles. The topological polar surface area (TPSA) is 98.7 Å². The van der Waals surface area contributed by atoms with E-state index in [4.69, 9.17) is 17.4 Å². The Balaban J connectivity index is 2.12. The maximum atomic E-state index is 12.1. The zero-order valence-corrected chi connectivity index (χ0v) is 13.0. The smallest absolute Gasteiger partial charge is 0.288 e. The summed E-state index contributed by atoms with van der Waals surface area (Å²) in [5.41, 5.74) is 4.92. The number of carbonyl (C=O) groups excluding carboxylic acids is 1. The van der Waals surface area contributed by atoms with Crippen LogP contribution in [-0.4, -0.2) is 25.7 Å². The van der Waals surface area contributed by atoms with Crippen molar-refractivity contribution in [2.75, 3.05) is 0 Å². The highest BCUT2D eigenvalue weighted by Crippen LogP contribution is 2.26. The number of fused-ring (bicyclic) bond motifs is 2. The van der Waals surface area contributed by atoms with Crippen molar-refractivity contribution in [3.8, 4) is 5.69 Å². The zero-order chi connectivity index (χ0) is 16.7. The molecule has 0 spiro atoms. The second-order valence-corrected chi connectivity index (χ2v) is 5.48. The number of hydrogen-bond acceptors (Lipinski definition) is 5. The molecule has 0 saturated heterocycles. The summed E-state index contributed by atoms with van der Waals surface area (Å²) in [6.45, 7) is 0. The van der Waals surface area contributed by atoms with Gasteiger partial charge in [-0.3, -0.25) is 10.2 Å². The molecule has 1 amide bonds. The fourth-order valence-electron chi connectivity index (χ4n) is 2.50. The highest BCUT2D eigenvalue weighted by atomic mass is 35.5. The number of nitrogens with one attached hydrogen (secondary N) is 1. The number of nitrogen functional groups attached to an aromatic ring is 1. The Morgan fingerprint density at radius 3 is 2.42 bits per heavy atom. The number of halogens is 1. The van der Waals surface area contributed by atoms with E-state index in [1.807, 2.05) is 36.4 Å². The number of nitrogens with two attached hydrogens (primary N) is 1. The van der Waals surface area contributed by atoms with Gasteiger partial charge in [-0.25, -0.2) is 20.5 Å². The van der Waals surface area contributed by atoms with Crippen LogP contribution in [0.4, 0.5) is 0 Å². The fourth-order valence-corrected chi connectivity index (χ4v) is 2.72. The molecule has 0 unspecified atom stereocenters. The number of para-hydroxylation sites is 3. The van der Waals surface area contributed by atoms with Gasteiger partial charge in [-0.05, 0) is 24.3 Å². The van der Waals surface area contributed by atoms with E-state index >= 15 is 0 Å². The summed E-state index contributed by atoms with van der Waals surface area (Å²) >= 11 is 6.27. The first-order chi connectivity index (χ1) is 11.7. The quantitative estimate of drug-likeness (QED) is 0.332. The van der Waals surface area contributed by atoms with Crippen molar-refractivity contribution in [1.29, 1.82) is 0 Å². The monoisotopic (exact) mass is 338 g/mol. The fraction of sp³-hybridized carbons (Fsp3) is 0. The molecular formula is C16H11ClN6O. The minimum absolute atomic E-state index is 0.0886. The molecule has 0 saturated carbocycles. The van der Waals surface area contributed by atoms with Crippen LogP contribution >= 0.6 is 11.6 Å². The zero-order valence-electron chi connectivity index (χ0n) is 12.3. The Kier molecular flexibility index (Phi) is 3.37. The summed E-state index contributed by atoms with van der Waals surface area (Å²) in [6, 6.07) is 14.5. The second kappa shape index (κ2) is 5.55. The van der Waals surface area contributed by atoms with Gasteiger partial charge in [0, 0.05) is 0 Å². The lowest BCUT2D eigenvalue weighted by Crippen LogP contribution is -2.30. The van der Waals surface area contributed by atoms with Gasteiger partial charge in [0.1, 0.15) is 5.52 Å². The van der Waals surface area contributed by atoms with Crippen molar-refractivity contribution >= 4 is 39.7 Å². The van der Waals surface area contributed by atoms with E-state index in [0.717, 1.165) is 0 Å². The number of amides is 1. The minimum atomic E-state index is -0.546. The molecule has 0 fully saturated rings. The number of nitrogens with zero attached hydrogens (tertiary/aromatic N) is 4. The highest BCUT2D eigenvalue weighted by Gasteiger charge is 2.21. The van der Waals surface area contributed by atoms with Crippen LogP contribution in [0.3, 0.4) is 0 Å². The Labute approximate surface area is 141 Å². The molecule has 0 aliphatic rings. The van der Waals surface area contributed by atoms with Gasteiger partial charge in [0.05, 0.1) is 21.7 Å². The molecule has 2 aromatic heterocycles. The Morgan fingerprint density at radius 1 is 1.04 bits per heavy atom. The number of aromatic nitrogens is 4. The van der Waals surface area contributed by atoms with E-state index in [1.54, 1.807) is 12.1 Å². The van der Waals surface area contributed by atoms with Crippen LogP contribution in [0.25, 0.3) is 27.9 Å². The number of hydrogen-bond donors (Lipinski definition) is 2. The maximum absolute atomic E-state index is 12.1. The number of rotatable bonds is 2. The van der Waals surface area contributed by atoms with Crippen LogP contribution in [0.2, 0.25) is 5.02 Å². The number of benzene rings is 2. The lowest BCUT2D eigenvalue weighted by Gasteiger charge is -2.05. The summed E-state index contributed by atoms with van der Waals surface area (Å²) in [5, 5.41) is 4.81. The Bertz CT molecular complexity index is 1090. The van der Waals surface area contributed by atoms with Gasteiger partial charge in [-0.2, -0.15) is 5.10 Å². The average Bonchev–Trinajstić information content (AvgIpc) is 2.98. The summed E-state index contributed by atoms with van der Waals surface area (Å²) in [5.74, 6) is 4.72. The largest absolute Gasteiger partial charge is 0.289 e. The SMILES string of the molecule is NNC(=O)c1nn(-c2ccccc2Cl)c2nc3ccccc3nc12. The van der Waals surface area contributed by atoms with Gasteiger partial charge in [0.15, 0.2) is 11.3 Å². The van der Waals surface area contributed by atoms with Crippen LogP contribution in [0.5, 0.6) is 0 Å². The Hall–Kier alpha value is -3.03. The van der Waals surface area contributed by atoms with E-state index in [-0.39, 0.29) is 5.69 Å². The van der Waals surface area contributed by atoms with Crippen LogP contribution in [0, 0.1) is 0 Å². The standard InChI is InChI=1S/C16H11ClN6O/c17-9-5-1-4-8-12(9)23-15-13(14(22-23)16(24)21-18)19-10-6-2-3-7-11(10)20-15/h1-8H,18H2,(H,21,24). The lowest BCUT2D eigenvalue weighted by molar-refractivity contribution is 0.0949. The van der Waals surface area contributed by atoms with E-state index in [1.165, 1.54) is 4.68 Å². The number of carbonyl (C=O) groups is 1. The summed E-state index contributed by atoms with van der Waals surface area (Å²) in [7, 11) is 0. The minimum Gasteiger partial charge on any atom is -0.289 e. The van der Waals surface area contributed by atoms with E-state index in [2.05, 4.69) is 20.5 Å². The lowest BCUT2D eigenvalue weighted by atomic mass is 10.3. The van der Waals surface area contributed by atoms with Crippen molar-refractivity contribution in [3.05, 3.63) is 59.2 Å². The molecule has 0 bridgehead atoms. The van der Waals surface area contributed by atoms with E-state index in [9.17, 15) is 4.79 Å². The molecule has 3 N–H and O–H groups in total. The van der Waals surface area contributed by atoms with Crippen molar-refractivity contribution in [3.63, 3.8) is 0 Å². The maximum Gasteiger partial charge on any atom is 0.288 e. The first-order valence-electron chi connectivity index (χ1n) is 7.10. The molecule has 24 heavy (non-hydrogen) atoms. The second-order valence-electron chi connectivity index (χ2n) is 5.07. The third-order valence-corrected chi connectivity index (χ3v) is 3.92. The number of hydrazine groups is 1. The van der Waals surface area contributed by atoms with Crippen LogP contribution in [0.1, 0.15) is 10.5 Å². The summed E-state index contributed by atoms with van der Waals surface area (Å²) in [6.07, 6.45) is 0. The van der Waals surface area contributed by atoms with Crippen LogP contribution in [0.15, 0.2) is 48.5 Å². The van der Waals surface area contributed by atoms with Gasteiger partial charge >= 0.3 is 0 Å². The van der Waals surface area contributed by atoms with Crippen molar-refractivity contribution < 1.29 is 4.79 Å². The third kappa shape index (κ3) is 2.18. The third-order valence-electron chi connectivity index (χ3n) is 3.60. The van der Waals surface area contributed by atoms with Crippen LogP contribution in [-0.2, 0) is 0 Å². The summed E-state index contributed by atoms with van der Waals surface area (Å²) in [4.78, 5) is 21.2. The van der Waals surface area contributed by atoms with Crippen molar-refractivity contribution in [2.45, 2.75) is 0 Å². The first-order valence-corrected chi connectivity index (χ1v) is 7.48. The van der Waals surface area contributed by atoms with Crippen LogP contribution < -0.4 is 11.3 Å². The molecule has 0 atom stereocenters. The molecular weight excluding hydrogens is 328 g/mol. The predicted octanol–water partition coefficient (Wildman–Crippen LogP) is 2.23.